The number of anilines is 1. The molecule has 0 fully saturated rings. The van der Waals surface area contributed by atoms with Gasteiger partial charge in [-0.05, 0) is 12.1 Å². The van der Waals surface area contributed by atoms with E-state index >= 15 is 0 Å². The first-order chi connectivity index (χ1) is 6.84. The lowest BCUT2D eigenvalue weighted by Gasteiger charge is -1.93. The van der Waals surface area contributed by atoms with Gasteiger partial charge < -0.3 is 5.73 Å². The fourth-order valence-electron chi connectivity index (χ4n) is 1.44. The number of rotatable bonds is 0. The van der Waals surface area contributed by atoms with E-state index in [1.165, 1.54) is 6.20 Å². The van der Waals surface area contributed by atoms with Crippen molar-refractivity contribution < 1.29 is 0 Å². The van der Waals surface area contributed by atoms with Crippen molar-refractivity contribution >= 4 is 22.8 Å². The topological polar surface area (TPSA) is 69.1 Å². The Morgan fingerprint density at radius 2 is 2.14 bits per heavy atom. The molecule has 0 radical (unpaired) electrons. The first kappa shape index (κ1) is 7.25. The van der Waals surface area contributed by atoms with Gasteiger partial charge in [0.25, 0.3) is 0 Å². The summed E-state index contributed by atoms with van der Waals surface area (Å²) in [6, 6.07) is 5.74. The number of nitrogens with zero attached hydrogens (tertiary/aromatic N) is 4. The van der Waals surface area contributed by atoms with Crippen LogP contribution in [0.2, 0.25) is 0 Å². The lowest BCUT2D eigenvalue weighted by Crippen LogP contribution is -1.93. The fourth-order valence-corrected chi connectivity index (χ4v) is 1.44. The summed E-state index contributed by atoms with van der Waals surface area (Å²) in [4.78, 5) is 12.6. The molecule has 3 aromatic heterocycles. The minimum Gasteiger partial charge on any atom is -0.382 e. The molecule has 0 saturated heterocycles. The molecule has 3 aromatic rings. The Bertz CT molecular complexity index is 613. The van der Waals surface area contributed by atoms with Crippen molar-refractivity contribution in [3.05, 3.63) is 30.6 Å². The number of nitrogens with two attached hydrogens (primary N) is 1. The molecule has 0 amide bonds. The molecule has 5 nitrogen and oxygen atoms in total. The minimum atomic E-state index is 0.406. The third-order valence-electron chi connectivity index (χ3n) is 2.04. The summed E-state index contributed by atoms with van der Waals surface area (Å²) in [6.07, 6.45) is 3.40. The Morgan fingerprint density at radius 1 is 1.21 bits per heavy atom. The lowest BCUT2D eigenvalue weighted by atomic mass is 10.5. The average Bonchev–Trinajstić information content (AvgIpc) is 2.56. The van der Waals surface area contributed by atoms with Crippen molar-refractivity contribution in [1.29, 1.82) is 0 Å². The van der Waals surface area contributed by atoms with Gasteiger partial charge in [-0.1, -0.05) is 6.07 Å². The SMILES string of the molecule is Nc1cnc2nc3ccccn3c2n1. The van der Waals surface area contributed by atoms with Crippen LogP contribution in [0.1, 0.15) is 0 Å². The predicted octanol–water partition coefficient (Wildman–Crippen LogP) is 0.860. The van der Waals surface area contributed by atoms with Gasteiger partial charge in [0.05, 0.1) is 6.20 Å². The molecule has 0 aromatic carbocycles. The number of hydrogen-bond acceptors (Lipinski definition) is 4. The summed E-state index contributed by atoms with van der Waals surface area (Å²) in [7, 11) is 0. The molecule has 0 aliphatic heterocycles. The van der Waals surface area contributed by atoms with Crippen LogP contribution < -0.4 is 5.73 Å². The molecule has 3 heterocycles. The molecule has 0 aliphatic rings. The van der Waals surface area contributed by atoms with E-state index in [4.69, 9.17) is 5.73 Å². The highest BCUT2D eigenvalue weighted by Gasteiger charge is 2.05. The van der Waals surface area contributed by atoms with Crippen LogP contribution in [0.25, 0.3) is 16.9 Å². The number of nitrogen functional groups attached to an aromatic ring is 1. The van der Waals surface area contributed by atoms with Gasteiger partial charge in [-0.2, -0.15) is 0 Å². The molecule has 0 atom stereocenters. The summed E-state index contributed by atoms with van der Waals surface area (Å²) >= 11 is 0. The van der Waals surface area contributed by atoms with E-state index in [-0.39, 0.29) is 0 Å². The number of imidazole rings is 1. The van der Waals surface area contributed by atoms with E-state index in [9.17, 15) is 0 Å². The highest BCUT2D eigenvalue weighted by Crippen LogP contribution is 2.12. The monoisotopic (exact) mass is 185 g/mol. The molecule has 0 unspecified atom stereocenters. The molecule has 0 spiro atoms. The normalized spacial score (nSPS) is 11.1. The van der Waals surface area contributed by atoms with E-state index < -0.39 is 0 Å². The second-order valence-electron chi connectivity index (χ2n) is 2.98. The summed E-state index contributed by atoms with van der Waals surface area (Å²) in [5, 5.41) is 0. The predicted molar refractivity (Wildman–Crippen MR) is 52.7 cm³/mol. The van der Waals surface area contributed by atoms with Gasteiger partial charge in [0, 0.05) is 6.20 Å². The highest BCUT2D eigenvalue weighted by atomic mass is 15.1. The summed E-state index contributed by atoms with van der Waals surface area (Å²) in [5.74, 6) is 0.406. The Balaban J connectivity index is 2.58. The third kappa shape index (κ3) is 0.861. The van der Waals surface area contributed by atoms with Gasteiger partial charge in [-0.15, -0.1) is 0 Å². The minimum absolute atomic E-state index is 0.406. The van der Waals surface area contributed by atoms with E-state index in [1.54, 1.807) is 0 Å². The van der Waals surface area contributed by atoms with Crippen LogP contribution in [-0.2, 0) is 0 Å². The van der Waals surface area contributed by atoms with Gasteiger partial charge in [0.1, 0.15) is 11.5 Å². The zero-order valence-corrected chi connectivity index (χ0v) is 7.25. The molecule has 2 N–H and O–H groups in total. The van der Waals surface area contributed by atoms with Crippen LogP contribution in [0.5, 0.6) is 0 Å². The summed E-state index contributed by atoms with van der Waals surface area (Å²) < 4.78 is 1.86. The first-order valence-corrected chi connectivity index (χ1v) is 4.20. The van der Waals surface area contributed by atoms with E-state index in [2.05, 4.69) is 15.0 Å². The van der Waals surface area contributed by atoms with E-state index in [0.29, 0.717) is 17.1 Å². The molecule has 68 valence electrons. The first-order valence-electron chi connectivity index (χ1n) is 4.20. The second-order valence-corrected chi connectivity index (χ2v) is 2.98. The van der Waals surface area contributed by atoms with Gasteiger partial charge in [-0.25, -0.2) is 15.0 Å². The zero-order valence-electron chi connectivity index (χ0n) is 7.25. The molecule has 5 heteroatoms. The van der Waals surface area contributed by atoms with Crippen LogP contribution in [0.4, 0.5) is 5.82 Å². The maximum absolute atomic E-state index is 5.56. The largest absolute Gasteiger partial charge is 0.382 e. The second kappa shape index (κ2) is 2.41. The Labute approximate surface area is 79.2 Å². The molecular weight excluding hydrogens is 178 g/mol. The van der Waals surface area contributed by atoms with Crippen molar-refractivity contribution in [3.8, 4) is 0 Å². The van der Waals surface area contributed by atoms with Gasteiger partial charge >= 0.3 is 0 Å². The number of hydrogen-bond donors (Lipinski definition) is 1. The quantitative estimate of drug-likeness (QED) is 0.564. The number of aromatic nitrogens is 4. The van der Waals surface area contributed by atoms with Crippen molar-refractivity contribution in [1.82, 2.24) is 19.4 Å². The van der Waals surface area contributed by atoms with Crippen LogP contribution in [0.15, 0.2) is 30.6 Å². The maximum atomic E-state index is 5.56. The molecule has 0 aliphatic carbocycles. The lowest BCUT2D eigenvalue weighted by molar-refractivity contribution is 1.18. The third-order valence-corrected chi connectivity index (χ3v) is 2.04. The number of pyridine rings is 1. The Hall–Kier alpha value is -2.17. The van der Waals surface area contributed by atoms with Gasteiger partial charge in [-0.3, -0.25) is 4.40 Å². The fraction of sp³-hybridized carbons (Fsp3) is 0. The number of fused-ring (bicyclic) bond motifs is 3. The van der Waals surface area contributed by atoms with Crippen LogP contribution in [0, 0.1) is 0 Å². The van der Waals surface area contributed by atoms with Crippen molar-refractivity contribution in [2.24, 2.45) is 0 Å². The van der Waals surface area contributed by atoms with Crippen molar-refractivity contribution in [2.75, 3.05) is 5.73 Å². The standard InChI is InChI=1S/C9H7N5/c10-6-5-11-8-9(12-6)14-4-2-1-3-7(14)13-8/h1-5H,(H2,10,12). The van der Waals surface area contributed by atoms with Gasteiger partial charge in [0.15, 0.2) is 11.3 Å². The smallest absolute Gasteiger partial charge is 0.198 e. The van der Waals surface area contributed by atoms with Crippen molar-refractivity contribution in [3.63, 3.8) is 0 Å². The van der Waals surface area contributed by atoms with E-state index in [1.807, 2.05) is 28.8 Å². The Kier molecular flexibility index (Phi) is 1.25. The van der Waals surface area contributed by atoms with Crippen LogP contribution >= 0.6 is 0 Å². The molecule has 3 rings (SSSR count). The van der Waals surface area contributed by atoms with Crippen molar-refractivity contribution in [2.45, 2.75) is 0 Å². The molecule has 14 heavy (non-hydrogen) atoms. The van der Waals surface area contributed by atoms with Gasteiger partial charge in [0.2, 0.25) is 0 Å². The highest BCUT2D eigenvalue weighted by molar-refractivity contribution is 5.73. The van der Waals surface area contributed by atoms with Crippen LogP contribution in [0.3, 0.4) is 0 Å². The summed E-state index contributed by atoms with van der Waals surface area (Å²) in [6.45, 7) is 0. The van der Waals surface area contributed by atoms with Crippen LogP contribution in [-0.4, -0.2) is 19.4 Å². The molecule has 0 bridgehead atoms. The Morgan fingerprint density at radius 3 is 3.07 bits per heavy atom. The average molecular weight is 185 g/mol. The molecular formula is C9H7N5. The maximum Gasteiger partial charge on any atom is 0.198 e. The zero-order chi connectivity index (χ0) is 9.54. The summed E-state index contributed by atoms with van der Waals surface area (Å²) in [5.41, 5.74) is 7.70. The van der Waals surface area contributed by atoms with E-state index in [0.717, 1.165) is 5.65 Å². The molecule has 0 saturated carbocycles.